The fraction of sp³-hybridized carbons (Fsp3) is 0.200. The number of ether oxygens (including phenoxy) is 1. The van der Waals surface area contributed by atoms with Crippen LogP contribution < -0.4 is 5.32 Å². The first-order valence-electron chi connectivity index (χ1n) is 6.38. The normalized spacial score (nSPS) is 10.3. The Labute approximate surface area is 130 Å². The van der Waals surface area contributed by atoms with Gasteiger partial charge in [0.25, 0.3) is 0 Å². The Morgan fingerprint density at radius 1 is 1.23 bits per heavy atom. The van der Waals surface area contributed by atoms with Gasteiger partial charge in [0.05, 0.1) is 18.6 Å². The molecule has 0 aliphatic rings. The largest absolute Gasteiger partial charge is 0.463 e. The molecule has 2 rings (SSSR count). The van der Waals surface area contributed by atoms with Gasteiger partial charge in [-0.3, -0.25) is 4.79 Å². The molecule has 0 fully saturated rings. The zero-order valence-corrected chi connectivity index (χ0v) is 12.6. The Hall–Kier alpha value is -2.28. The molecule has 0 atom stereocenters. The Bertz CT molecular complexity index is 654. The summed E-state index contributed by atoms with van der Waals surface area (Å²) in [7, 11) is 1.28. The second-order valence-corrected chi connectivity index (χ2v) is 5.29. The maximum atomic E-state index is 12.7. The van der Waals surface area contributed by atoms with Crippen molar-refractivity contribution in [2.24, 2.45) is 0 Å². The molecule has 1 heterocycles. The summed E-state index contributed by atoms with van der Waals surface area (Å²) in [5.41, 5.74) is 0.540. The minimum atomic E-state index is -0.537. The van der Waals surface area contributed by atoms with E-state index < -0.39 is 5.97 Å². The first-order valence-corrected chi connectivity index (χ1v) is 7.54. The van der Waals surface area contributed by atoms with Crippen LogP contribution in [0, 0.1) is 5.82 Å². The van der Waals surface area contributed by atoms with Crippen LogP contribution in [-0.4, -0.2) is 24.7 Å². The molecular formula is C15H14FNO4S. The molecule has 7 heteroatoms. The van der Waals surface area contributed by atoms with E-state index >= 15 is 0 Å². The summed E-state index contributed by atoms with van der Waals surface area (Å²) in [5.74, 6) is 0.293. The molecule has 116 valence electrons. The highest BCUT2D eigenvalue weighted by molar-refractivity contribution is 7.99. The van der Waals surface area contributed by atoms with E-state index in [1.54, 1.807) is 6.07 Å². The van der Waals surface area contributed by atoms with Crippen LogP contribution in [0.2, 0.25) is 0 Å². The second-order valence-electron chi connectivity index (χ2n) is 4.31. The highest BCUT2D eigenvalue weighted by atomic mass is 32.2. The number of furan rings is 1. The van der Waals surface area contributed by atoms with Crippen molar-refractivity contribution in [3.8, 4) is 0 Å². The molecule has 1 aromatic heterocycles. The number of nitrogens with one attached hydrogen (secondary N) is 1. The molecule has 0 saturated carbocycles. The van der Waals surface area contributed by atoms with Crippen molar-refractivity contribution in [3.05, 3.63) is 53.7 Å². The van der Waals surface area contributed by atoms with E-state index in [9.17, 15) is 14.0 Å². The van der Waals surface area contributed by atoms with Crippen molar-refractivity contribution >= 4 is 29.3 Å². The predicted octanol–water partition coefficient (Wildman–Crippen LogP) is 3.08. The summed E-state index contributed by atoms with van der Waals surface area (Å²) >= 11 is 1.34. The summed E-state index contributed by atoms with van der Waals surface area (Å²) in [6.45, 7) is 0. The quantitative estimate of drug-likeness (QED) is 0.827. The number of rotatable bonds is 6. The number of hydrogen-bond donors (Lipinski definition) is 1. The third kappa shape index (κ3) is 4.63. The van der Waals surface area contributed by atoms with E-state index in [-0.39, 0.29) is 23.2 Å². The van der Waals surface area contributed by atoms with Crippen molar-refractivity contribution < 1.29 is 23.1 Å². The van der Waals surface area contributed by atoms with Crippen LogP contribution in [0.5, 0.6) is 0 Å². The van der Waals surface area contributed by atoms with E-state index in [1.807, 2.05) is 0 Å². The Morgan fingerprint density at radius 3 is 2.64 bits per heavy atom. The van der Waals surface area contributed by atoms with Gasteiger partial charge in [-0.15, -0.1) is 11.8 Å². The van der Waals surface area contributed by atoms with Gasteiger partial charge in [0.1, 0.15) is 11.6 Å². The first-order chi connectivity index (χ1) is 10.6. The highest BCUT2D eigenvalue weighted by Gasteiger charge is 2.11. The van der Waals surface area contributed by atoms with Gasteiger partial charge >= 0.3 is 5.97 Å². The molecule has 22 heavy (non-hydrogen) atoms. The maximum absolute atomic E-state index is 12.7. The van der Waals surface area contributed by atoms with Gasteiger partial charge in [0.2, 0.25) is 11.7 Å². The zero-order chi connectivity index (χ0) is 15.9. The van der Waals surface area contributed by atoms with Gasteiger partial charge in [0, 0.05) is 5.69 Å². The van der Waals surface area contributed by atoms with E-state index in [2.05, 4.69) is 10.1 Å². The van der Waals surface area contributed by atoms with Gasteiger partial charge in [-0.05, 0) is 36.4 Å². The molecule has 0 aliphatic heterocycles. The lowest BCUT2D eigenvalue weighted by atomic mass is 10.3. The van der Waals surface area contributed by atoms with Crippen molar-refractivity contribution in [3.63, 3.8) is 0 Å². The Kier molecular flexibility index (Phi) is 5.60. The molecule has 1 aromatic carbocycles. The summed E-state index contributed by atoms with van der Waals surface area (Å²) in [5, 5.41) is 2.66. The minimum absolute atomic E-state index is 0.133. The number of carbonyl (C=O) groups excluding carboxylic acids is 2. The fourth-order valence-electron chi connectivity index (χ4n) is 1.64. The number of esters is 1. The van der Waals surface area contributed by atoms with E-state index in [4.69, 9.17) is 4.42 Å². The van der Waals surface area contributed by atoms with Gasteiger partial charge in [-0.2, -0.15) is 0 Å². The number of methoxy groups -OCH3 is 1. The lowest BCUT2D eigenvalue weighted by molar-refractivity contribution is -0.113. The van der Waals surface area contributed by atoms with Crippen LogP contribution in [0.25, 0.3) is 0 Å². The van der Waals surface area contributed by atoms with Crippen LogP contribution in [0.4, 0.5) is 10.1 Å². The summed E-state index contributed by atoms with van der Waals surface area (Å²) < 4.78 is 22.6. The molecule has 0 unspecified atom stereocenters. The van der Waals surface area contributed by atoms with Crippen LogP contribution in [0.1, 0.15) is 16.3 Å². The number of hydrogen-bond acceptors (Lipinski definition) is 5. The monoisotopic (exact) mass is 323 g/mol. The maximum Gasteiger partial charge on any atom is 0.373 e. The van der Waals surface area contributed by atoms with Crippen molar-refractivity contribution in [1.82, 2.24) is 0 Å². The summed E-state index contributed by atoms with van der Waals surface area (Å²) in [6.07, 6.45) is 0. The van der Waals surface area contributed by atoms with Crippen molar-refractivity contribution in [1.29, 1.82) is 0 Å². The Balaban J connectivity index is 1.76. The number of benzene rings is 1. The molecule has 0 radical (unpaired) electrons. The number of carbonyl (C=O) groups is 2. The van der Waals surface area contributed by atoms with Crippen LogP contribution in [-0.2, 0) is 15.3 Å². The van der Waals surface area contributed by atoms with Crippen LogP contribution in [0.3, 0.4) is 0 Å². The third-order valence-electron chi connectivity index (χ3n) is 2.65. The Morgan fingerprint density at radius 2 is 1.95 bits per heavy atom. The number of amides is 1. The van der Waals surface area contributed by atoms with Gasteiger partial charge in [-0.1, -0.05) is 0 Å². The zero-order valence-electron chi connectivity index (χ0n) is 11.8. The average molecular weight is 323 g/mol. The predicted molar refractivity (Wildman–Crippen MR) is 81.2 cm³/mol. The van der Waals surface area contributed by atoms with Crippen molar-refractivity contribution in [2.45, 2.75) is 5.75 Å². The number of thioether (sulfide) groups is 1. The van der Waals surface area contributed by atoms with E-state index in [1.165, 1.54) is 49.2 Å². The minimum Gasteiger partial charge on any atom is -0.463 e. The molecule has 2 aromatic rings. The standard InChI is InChI=1S/C15H14FNO4S/c1-20-15(19)13-7-6-12(21-13)8-22-9-14(18)17-11-4-2-10(16)3-5-11/h2-7H,8-9H2,1H3,(H,17,18). The molecule has 0 bridgehead atoms. The molecule has 5 nitrogen and oxygen atoms in total. The molecule has 0 spiro atoms. The van der Waals surface area contributed by atoms with Gasteiger partial charge in [0.15, 0.2) is 0 Å². The topological polar surface area (TPSA) is 68.5 Å². The molecule has 1 N–H and O–H groups in total. The molecular weight excluding hydrogens is 309 g/mol. The molecule has 1 amide bonds. The van der Waals surface area contributed by atoms with Crippen molar-refractivity contribution in [2.75, 3.05) is 18.2 Å². The van der Waals surface area contributed by atoms with E-state index in [0.29, 0.717) is 17.2 Å². The fourth-order valence-corrected chi connectivity index (χ4v) is 2.36. The SMILES string of the molecule is COC(=O)c1ccc(CSCC(=O)Nc2ccc(F)cc2)o1. The molecule has 0 aliphatic carbocycles. The number of anilines is 1. The van der Waals surface area contributed by atoms with Gasteiger partial charge in [-0.25, -0.2) is 9.18 Å². The molecule has 0 saturated heterocycles. The summed E-state index contributed by atoms with van der Waals surface area (Å²) in [6, 6.07) is 8.73. The van der Waals surface area contributed by atoms with Crippen LogP contribution >= 0.6 is 11.8 Å². The van der Waals surface area contributed by atoms with E-state index in [0.717, 1.165) is 0 Å². The smallest absolute Gasteiger partial charge is 0.373 e. The second kappa shape index (κ2) is 7.65. The summed E-state index contributed by atoms with van der Waals surface area (Å²) in [4.78, 5) is 22.9. The average Bonchev–Trinajstić information content (AvgIpc) is 2.97. The lowest BCUT2D eigenvalue weighted by Crippen LogP contribution is -2.14. The van der Waals surface area contributed by atoms with Crippen LogP contribution in [0.15, 0.2) is 40.8 Å². The first kappa shape index (κ1) is 16.1. The highest BCUT2D eigenvalue weighted by Crippen LogP contribution is 2.16. The third-order valence-corrected chi connectivity index (χ3v) is 3.61. The van der Waals surface area contributed by atoms with Gasteiger partial charge < -0.3 is 14.5 Å². The number of halogens is 1. The lowest BCUT2D eigenvalue weighted by Gasteiger charge is -2.04.